The summed E-state index contributed by atoms with van der Waals surface area (Å²) in [6.07, 6.45) is -0.774. The minimum Gasteiger partial charge on any atom is -0.450 e. The fourth-order valence-electron chi connectivity index (χ4n) is 0.304. The molecule has 0 aliphatic rings. The second kappa shape index (κ2) is 4.60. The van der Waals surface area contributed by atoms with Crippen LogP contribution in [-0.4, -0.2) is 18.7 Å². The second-order valence-electron chi connectivity index (χ2n) is 1.35. The van der Waals surface area contributed by atoms with Gasteiger partial charge in [-0.05, 0) is 6.92 Å². The number of hydrogen-bond donors (Lipinski definition) is 2. The third-order valence-corrected chi connectivity index (χ3v) is 0.652. The number of carbonyl (C=O) groups is 2. The number of ether oxygens (including phenoxy) is 1. The summed E-state index contributed by atoms with van der Waals surface area (Å²) < 4.78 is 4.38. The highest BCUT2D eigenvalue weighted by atomic mass is 16.5. The van der Waals surface area contributed by atoms with Crippen LogP contribution in [0.15, 0.2) is 0 Å². The van der Waals surface area contributed by atoms with Gasteiger partial charge in [0.1, 0.15) is 0 Å². The summed E-state index contributed by atoms with van der Waals surface area (Å²) in [5.74, 6) is 0. The standard InChI is InChI=1S/C5H9N2O3/c1-3-10-5(9)7-4(8)6-2/h2-3H2,1H3,(H2,6,7,8,9). The van der Waals surface area contributed by atoms with Crippen molar-refractivity contribution in [1.82, 2.24) is 10.6 Å². The molecule has 5 heteroatoms. The van der Waals surface area contributed by atoms with Crippen LogP contribution in [0.25, 0.3) is 0 Å². The number of carbonyl (C=O) groups excluding carboxylic acids is 2. The van der Waals surface area contributed by atoms with Crippen molar-refractivity contribution in [3.63, 3.8) is 0 Å². The van der Waals surface area contributed by atoms with Crippen LogP contribution in [0.1, 0.15) is 6.92 Å². The van der Waals surface area contributed by atoms with Crippen LogP contribution in [0, 0.1) is 7.05 Å². The minimum atomic E-state index is -0.774. The molecule has 0 aliphatic heterocycles. The van der Waals surface area contributed by atoms with E-state index >= 15 is 0 Å². The molecule has 0 aromatic rings. The van der Waals surface area contributed by atoms with Gasteiger partial charge in [0.15, 0.2) is 0 Å². The summed E-state index contributed by atoms with van der Waals surface area (Å²) in [6.45, 7) is 1.87. The van der Waals surface area contributed by atoms with Crippen LogP contribution in [0.2, 0.25) is 0 Å². The van der Waals surface area contributed by atoms with E-state index in [0.29, 0.717) is 0 Å². The van der Waals surface area contributed by atoms with Crippen molar-refractivity contribution in [2.24, 2.45) is 0 Å². The molecule has 0 aromatic heterocycles. The highest BCUT2D eigenvalue weighted by Gasteiger charge is 2.03. The molecule has 0 saturated carbocycles. The number of imide groups is 1. The summed E-state index contributed by atoms with van der Waals surface area (Å²) in [5.41, 5.74) is 0. The third-order valence-electron chi connectivity index (χ3n) is 0.652. The molecule has 10 heavy (non-hydrogen) atoms. The van der Waals surface area contributed by atoms with Crippen LogP contribution in [0.4, 0.5) is 9.59 Å². The van der Waals surface area contributed by atoms with Crippen molar-refractivity contribution in [2.75, 3.05) is 6.61 Å². The molecule has 0 aliphatic carbocycles. The molecule has 2 N–H and O–H groups in total. The monoisotopic (exact) mass is 145 g/mol. The average molecular weight is 145 g/mol. The molecule has 0 bridgehead atoms. The SMILES string of the molecule is [CH2]NC(=O)NC(=O)OCC. The first-order valence-electron chi connectivity index (χ1n) is 2.71. The summed E-state index contributed by atoms with van der Waals surface area (Å²) >= 11 is 0. The molecule has 0 rings (SSSR count). The number of alkyl carbamates (subject to hydrolysis) is 1. The first-order chi connectivity index (χ1) is 4.70. The lowest BCUT2D eigenvalue weighted by Gasteiger charge is -2.01. The van der Waals surface area contributed by atoms with Crippen molar-refractivity contribution in [3.05, 3.63) is 7.05 Å². The van der Waals surface area contributed by atoms with Crippen LogP contribution >= 0.6 is 0 Å². The van der Waals surface area contributed by atoms with Gasteiger partial charge in [0.25, 0.3) is 0 Å². The smallest absolute Gasteiger partial charge is 0.415 e. The van der Waals surface area contributed by atoms with Gasteiger partial charge in [0.05, 0.1) is 6.61 Å². The predicted molar refractivity (Wildman–Crippen MR) is 34.0 cm³/mol. The van der Waals surface area contributed by atoms with Gasteiger partial charge in [-0.2, -0.15) is 0 Å². The molecule has 0 saturated heterocycles. The van der Waals surface area contributed by atoms with E-state index in [2.05, 4.69) is 11.8 Å². The molecule has 3 amide bonds. The molecule has 0 aromatic carbocycles. The summed E-state index contributed by atoms with van der Waals surface area (Å²) in [4.78, 5) is 20.7. The van der Waals surface area contributed by atoms with E-state index in [1.807, 2.05) is 10.6 Å². The molecule has 0 spiro atoms. The van der Waals surface area contributed by atoms with E-state index in [1.165, 1.54) is 0 Å². The number of rotatable bonds is 1. The zero-order valence-corrected chi connectivity index (χ0v) is 5.64. The van der Waals surface area contributed by atoms with Crippen molar-refractivity contribution < 1.29 is 14.3 Å². The Morgan fingerprint density at radius 2 is 2.20 bits per heavy atom. The summed E-state index contributed by atoms with van der Waals surface area (Å²) in [5, 5.41) is 3.81. The summed E-state index contributed by atoms with van der Waals surface area (Å²) in [7, 11) is 3.03. The zero-order chi connectivity index (χ0) is 7.98. The lowest BCUT2D eigenvalue weighted by atomic mass is 10.8. The highest BCUT2D eigenvalue weighted by molar-refractivity contribution is 5.90. The molecule has 5 nitrogen and oxygen atoms in total. The van der Waals surface area contributed by atoms with Crippen LogP contribution in [0.3, 0.4) is 0 Å². The van der Waals surface area contributed by atoms with Gasteiger partial charge in [-0.15, -0.1) is 0 Å². The van der Waals surface area contributed by atoms with Gasteiger partial charge in [0, 0.05) is 7.05 Å². The molecular weight excluding hydrogens is 136 g/mol. The molecule has 57 valence electrons. The Morgan fingerprint density at radius 3 is 2.60 bits per heavy atom. The fourth-order valence-corrected chi connectivity index (χ4v) is 0.304. The average Bonchev–Trinajstić information content (AvgIpc) is 1.88. The number of nitrogens with one attached hydrogen (secondary N) is 2. The van der Waals surface area contributed by atoms with Crippen LogP contribution < -0.4 is 10.6 Å². The molecule has 0 atom stereocenters. The zero-order valence-electron chi connectivity index (χ0n) is 5.64. The van der Waals surface area contributed by atoms with Crippen molar-refractivity contribution in [2.45, 2.75) is 6.92 Å². The largest absolute Gasteiger partial charge is 0.450 e. The first kappa shape index (κ1) is 8.74. The Balaban J connectivity index is 3.47. The van der Waals surface area contributed by atoms with Gasteiger partial charge in [-0.1, -0.05) is 0 Å². The first-order valence-corrected chi connectivity index (χ1v) is 2.71. The van der Waals surface area contributed by atoms with E-state index < -0.39 is 12.1 Å². The van der Waals surface area contributed by atoms with Gasteiger partial charge in [-0.3, -0.25) is 0 Å². The van der Waals surface area contributed by atoms with E-state index in [9.17, 15) is 9.59 Å². The Morgan fingerprint density at radius 1 is 1.60 bits per heavy atom. The highest BCUT2D eigenvalue weighted by Crippen LogP contribution is 1.74. The van der Waals surface area contributed by atoms with E-state index in [1.54, 1.807) is 6.92 Å². The van der Waals surface area contributed by atoms with Crippen molar-refractivity contribution in [3.8, 4) is 0 Å². The van der Waals surface area contributed by atoms with Crippen LogP contribution in [-0.2, 0) is 4.74 Å². The Kier molecular flexibility index (Phi) is 4.02. The van der Waals surface area contributed by atoms with Crippen molar-refractivity contribution >= 4 is 12.1 Å². The fraction of sp³-hybridized carbons (Fsp3) is 0.400. The minimum absolute atomic E-state index is 0.232. The van der Waals surface area contributed by atoms with Crippen LogP contribution in [0.5, 0.6) is 0 Å². The number of amides is 3. The van der Waals surface area contributed by atoms with Crippen molar-refractivity contribution in [1.29, 1.82) is 0 Å². The quantitative estimate of drug-likeness (QED) is 0.555. The molecular formula is C5H9N2O3. The van der Waals surface area contributed by atoms with Gasteiger partial charge >= 0.3 is 12.1 Å². The molecule has 0 heterocycles. The van der Waals surface area contributed by atoms with Gasteiger partial charge in [0.2, 0.25) is 0 Å². The second-order valence-corrected chi connectivity index (χ2v) is 1.35. The maximum atomic E-state index is 10.4. The predicted octanol–water partition coefficient (Wildman–Crippen LogP) is 0.234. The maximum Gasteiger partial charge on any atom is 0.415 e. The Hall–Kier alpha value is -1.26. The Labute approximate surface area is 58.7 Å². The number of hydrogen-bond acceptors (Lipinski definition) is 3. The third kappa shape index (κ3) is 3.71. The lowest BCUT2D eigenvalue weighted by molar-refractivity contribution is 0.153. The Bertz CT molecular complexity index is 135. The lowest BCUT2D eigenvalue weighted by Crippen LogP contribution is -2.36. The molecule has 0 unspecified atom stereocenters. The topological polar surface area (TPSA) is 67.4 Å². The van der Waals surface area contributed by atoms with Gasteiger partial charge < -0.3 is 10.1 Å². The van der Waals surface area contributed by atoms with E-state index in [-0.39, 0.29) is 6.61 Å². The normalized spacial score (nSPS) is 8.20. The molecule has 1 radical (unpaired) electrons. The van der Waals surface area contributed by atoms with Gasteiger partial charge in [-0.25, -0.2) is 14.9 Å². The maximum absolute atomic E-state index is 10.4. The molecule has 0 fully saturated rings. The number of urea groups is 1. The van der Waals surface area contributed by atoms with E-state index in [0.717, 1.165) is 0 Å². The summed E-state index contributed by atoms with van der Waals surface area (Å²) in [6, 6.07) is -0.682. The van der Waals surface area contributed by atoms with E-state index in [4.69, 9.17) is 0 Å².